The molecule has 92 valence electrons. The predicted octanol–water partition coefficient (Wildman–Crippen LogP) is 2.62. The number of hydrogen-bond acceptors (Lipinski definition) is 1. The van der Waals surface area contributed by atoms with Gasteiger partial charge in [0.1, 0.15) is 7.85 Å². The number of fused-ring (bicyclic) bond motifs is 1. The number of ketones is 1. The standard InChI is InChI=1S/C16H9B2ClO/c17-10-3-6-12-13(8-10)15(18)14(16(12)20)7-9-1-4-11(19)5-2-9/h1-8,15H/b14-7+. The Morgan fingerprint density at radius 3 is 2.50 bits per heavy atom. The summed E-state index contributed by atoms with van der Waals surface area (Å²) in [4.78, 5) is 12.4. The Bertz CT molecular complexity index is 720. The summed E-state index contributed by atoms with van der Waals surface area (Å²) in [6.45, 7) is 0. The van der Waals surface area contributed by atoms with Gasteiger partial charge in [0.25, 0.3) is 0 Å². The average molecular weight is 274 g/mol. The van der Waals surface area contributed by atoms with Crippen LogP contribution in [0.15, 0.2) is 48.0 Å². The molecule has 0 bridgehead atoms. The molecule has 0 amide bonds. The number of benzene rings is 2. The number of halogens is 1. The number of allylic oxidation sites excluding steroid dienone is 1. The van der Waals surface area contributed by atoms with Crippen LogP contribution < -0.4 is 5.46 Å². The minimum atomic E-state index is -0.434. The van der Waals surface area contributed by atoms with Gasteiger partial charge in [0.15, 0.2) is 5.78 Å². The Labute approximate surface area is 125 Å². The van der Waals surface area contributed by atoms with Gasteiger partial charge in [0, 0.05) is 10.6 Å². The number of Topliss-reactive ketones (excluding diaryl/α,β-unsaturated/α-hetero) is 1. The molecule has 0 N–H and O–H groups in total. The van der Waals surface area contributed by atoms with Crippen molar-refractivity contribution in [1.82, 2.24) is 0 Å². The average Bonchev–Trinajstić information content (AvgIpc) is 2.66. The summed E-state index contributed by atoms with van der Waals surface area (Å²) in [6, 6.07) is 12.5. The van der Waals surface area contributed by atoms with E-state index in [1.54, 1.807) is 36.4 Å². The van der Waals surface area contributed by atoms with Gasteiger partial charge < -0.3 is 0 Å². The Hall–Kier alpha value is -1.73. The molecule has 4 radical (unpaired) electrons. The van der Waals surface area contributed by atoms with Crippen LogP contribution in [0.25, 0.3) is 6.08 Å². The van der Waals surface area contributed by atoms with Gasteiger partial charge in [-0.25, -0.2) is 0 Å². The first kappa shape index (κ1) is 13.3. The highest BCUT2D eigenvalue weighted by Gasteiger charge is 2.30. The molecule has 0 fully saturated rings. The zero-order valence-corrected chi connectivity index (χ0v) is 11.4. The van der Waals surface area contributed by atoms with E-state index >= 15 is 0 Å². The maximum atomic E-state index is 12.4. The zero-order valence-electron chi connectivity index (χ0n) is 10.6. The number of carbonyl (C=O) groups excluding carboxylic acids is 1. The number of carbonyl (C=O) groups is 1. The van der Waals surface area contributed by atoms with E-state index in [0.717, 1.165) is 11.1 Å². The summed E-state index contributed by atoms with van der Waals surface area (Å²) in [7, 11) is 11.9. The maximum Gasteiger partial charge on any atom is 0.189 e. The SMILES string of the molecule is [B]c1ccc2c(c1)C([B])/C(=C\c1ccc(Cl)cc1)C2=O. The molecule has 1 aliphatic rings. The van der Waals surface area contributed by atoms with Crippen molar-refractivity contribution in [2.75, 3.05) is 0 Å². The van der Waals surface area contributed by atoms with E-state index in [4.69, 9.17) is 27.3 Å². The normalized spacial score (nSPS) is 19.4. The summed E-state index contributed by atoms with van der Waals surface area (Å²) in [5, 5.41) is 0.658. The molecule has 0 aliphatic heterocycles. The molecule has 0 heterocycles. The summed E-state index contributed by atoms with van der Waals surface area (Å²) < 4.78 is 0. The fourth-order valence-electron chi connectivity index (χ4n) is 2.40. The van der Waals surface area contributed by atoms with Crippen molar-refractivity contribution in [2.24, 2.45) is 0 Å². The van der Waals surface area contributed by atoms with Gasteiger partial charge in [-0.15, -0.1) is 0 Å². The topological polar surface area (TPSA) is 17.1 Å². The summed E-state index contributed by atoms with van der Waals surface area (Å²) in [5.41, 5.74) is 3.50. The molecule has 1 atom stereocenters. The number of rotatable bonds is 1. The van der Waals surface area contributed by atoms with Gasteiger partial charge in [-0.1, -0.05) is 47.4 Å². The summed E-state index contributed by atoms with van der Waals surface area (Å²) in [6.07, 6.45) is 1.81. The van der Waals surface area contributed by atoms with E-state index in [-0.39, 0.29) is 5.78 Å². The summed E-state index contributed by atoms with van der Waals surface area (Å²) >= 11 is 5.85. The minimum Gasteiger partial charge on any atom is -0.289 e. The lowest BCUT2D eigenvalue weighted by Crippen LogP contribution is -2.05. The molecule has 3 rings (SSSR count). The van der Waals surface area contributed by atoms with Crippen LogP contribution in [-0.2, 0) is 0 Å². The van der Waals surface area contributed by atoms with Gasteiger partial charge in [-0.3, -0.25) is 4.79 Å². The predicted molar refractivity (Wildman–Crippen MR) is 84.1 cm³/mol. The minimum absolute atomic E-state index is 0.0394. The molecular formula is C16H9B2ClO. The highest BCUT2D eigenvalue weighted by molar-refractivity contribution is 6.34. The number of hydrogen-bond donors (Lipinski definition) is 0. The fraction of sp³-hybridized carbons (Fsp3) is 0.0625. The first-order valence-corrected chi connectivity index (χ1v) is 6.61. The van der Waals surface area contributed by atoms with E-state index in [1.807, 2.05) is 12.1 Å². The Balaban J connectivity index is 2.05. The van der Waals surface area contributed by atoms with Crippen molar-refractivity contribution in [2.45, 2.75) is 5.82 Å². The second-order valence-corrected chi connectivity index (χ2v) is 5.24. The Morgan fingerprint density at radius 1 is 1.10 bits per heavy atom. The van der Waals surface area contributed by atoms with E-state index < -0.39 is 5.82 Å². The van der Waals surface area contributed by atoms with Crippen LogP contribution in [-0.4, -0.2) is 21.5 Å². The van der Waals surface area contributed by atoms with Crippen molar-refractivity contribution in [3.8, 4) is 0 Å². The van der Waals surface area contributed by atoms with Crippen LogP contribution in [0.2, 0.25) is 5.02 Å². The fourth-order valence-corrected chi connectivity index (χ4v) is 2.53. The van der Waals surface area contributed by atoms with E-state index in [0.29, 0.717) is 21.6 Å². The lowest BCUT2D eigenvalue weighted by atomic mass is 9.77. The maximum absolute atomic E-state index is 12.4. The molecule has 0 aromatic heterocycles. The van der Waals surface area contributed by atoms with Crippen molar-refractivity contribution >= 4 is 44.6 Å². The van der Waals surface area contributed by atoms with E-state index in [2.05, 4.69) is 0 Å². The molecule has 1 unspecified atom stereocenters. The molecule has 0 saturated heterocycles. The smallest absolute Gasteiger partial charge is 0.189 e. The molecule has 2 aromatic rings. The third kappa shape index (κ3) is 2.23. The molecule has 4 heteroatoms. The van der Waals surface area contributed by atoms with E-state index in [9.17, 15) is 4.79 Å². The van der Waals surface area contributed by atoms with Gasteiger partial charge >= 0.3 is 0 Å². The zero-order chi connectivity index (χ0) is 14.3. The first-order chi connectivity index (χ1) is 9.56. The van der Waals surface area contributed by atoms with Gasteiger partial charge in [-0.2, -0.15) is 0 Å². The van der Waals surface area contributed by atoms with E-state index in [1.165, 1.54) is 0 Å². The molecule has 2 aromatic carbocycles. The lowest BCUT2D eigenvalue weighted by Gasteiger charge is -2.06. The van der Waals surface area contributed by atoms with Crippen LogP contribution >= 0.6 is 11.6 Å². The van der Waals surface area contributed by atoms with Crippen LogP contribution in [0.4, 0.5) is 0 Å². The quantitative estimate of drug-likeness (QED) is 0.577. The molecule has 1 nitrogen and oxygen atoms in total. The lowest BCUT2D eigenvalue weighted by molar-refractivity contribution is 0.104. The third-order valence-corrected chi connectivity index (χ3v) is 3.70. The molecular weight excluding hydrogens is 265 g/mol. The second-order valence-electron chi connectivity index (χ2n) is 4.80. The highest BCUT2D eigenvalue weighted by Crippen LogP contribution is 2.35. The van der Waals surface area contributed by atoms with Crippen molar-refractivity contribution in [1.29, 1.82) is 0 Å². The third-order valence-electron chi connectivity index (χ3n) is 3.44. The van der Waals surface area contributed by atoms with Crippen LogP contribution in [0.3, 0.4) is 0 Å². The van der Waals surface area contributed by atoms with Crippen molar-refractivity contribution in [3.63, 3.8) is 0 Å². The Kier molecular flexibility index (Phi) is 3.31. The van der Waals surface area contributed by atoms with Gasteiger partial charge in [0.2, 0.25) is 0 Å². The molecule has 20 heavy (non-hydrogen) atoms. The molecule has 1 aliphatic carbocycles. The van der Waals surface area contributed by atoms with Crippen LogP contribution in [0.1, 0.15) is 27.3 Å². The van der Waals surface area contributed by atoms with Crippen molar-refractivity contribution in [3.05, 3.63) is 69.8 Å². The largest absolute Gasteiger partial charge is 0.289 e. The van der Waals surface area contributed by atoms with Gasteiger partial charge in [-0.05, 0) is 40.7 Å². The first-order valence-electron chi connectivity index (χ1n) is 6.23. The molecule has 0 saturated carbocycles. The summed E-state index contributed by atoms with van der Waals surface area (Å²) in [5.74, 6) is -0.473. The van der Waals surface area contributed by atoms with Crippen LogP contribution in [0.5, 0.6) is 0 Å². The van der Waals surface area contributed by atoms with Crippen LogP contribution in [0, 0.1) is 0 Å². The Morgan fingerprint density at radius 2 is 1.80 bits per heavy atom. The second kappa shape index (κ2) is 4.99. The van der Waals surface area contributed by atoms with Gasteiger partial charge in [0.05, 0.1) is 7.85 Å². The highest BCUT2D eigenvalue weighted by atomic mass is 35.5. The monoisotopic (exact) mass is 274 g/mol. The molecule has 0 spiro atoms. The van der Waals surface area contributed by atoms with Crippen molar-refractivity contribution < 1.29 is 4.79 Å².